The number of anilines is 3. The minimum Gasteiger partial charge on any atom is -0.456 e. The molecule has 0 fully saturated rings. The average molecular weight is 628 g/mol. The molecule has 0 N–H and O–H groups in total. The van der Waals surface area contributed by atoms with Gasteiger partial charge in [0.2, 0.25) is 0 Å². The molecule has 49 heavy (non-hydrogen) atoms. The van der Waals surface area contributed by atoms with Crippen LogP contribution in [0.3, 0.4) is 0 Å². The Morgan fingerprint density at radius 2 is 0.878 bits per heavy atom. The van der Waals surface area contributed by atoms with Gasteiger partial charge in [0.25, 0.3) is 0 Å². The van der Waals surface area contributed by atoms with Crippen LogP contribution in [0.25, 0.3) is 76.9 Å². The van der Waals surface area contributed by atoms with Gasteiger partial charge in [-0.25, -0.2) is 0 Å². The van der Waals surface area contributed by atoms with Gasteiger partial charge < -0.3 is 13.7 Å². The molecule has 2 heterocycles. The molecule has 10 aromatic rings. The number of benzene rings is 8. The van der Waals surface area contributed by atoms with Crippen LogP contribution in [0.2, 0.25) is 0 Å². The normalized spacial score (nSPS) is 11.7. The summed E-state index contributed by atoms with van der Waals surface area (Å²) in [5.74, 6) is 0. The lowest BCUT2D eigenvalue weighted by Gasteiger charge is -2.28. The van der Waals surface area contributed by atoms with Gasteiger partial charge >= 0.3 is 0 Å². The molecular formula is C46H29NO2. The minimum atomic E-state index is 0.875. The number of furan rings is 2. The highest BCUT2D eigenvalue weighted by Gasteiger charge is 2.20. The summed E-state index contributed by atoms with van der Waals surface area (Å²) >= 11 is 0. The zero-order valence-corrected chi connectivity index (χ0v) is 26.5. The predicted octanol–water partition coefficient (Wildman–Crippen LogP) is 13.4. The van der Waals surface area contributed by atoms with Crippen molar-refractivity contribution in [3.05, 3.63) is 176 Å². The quantitative estimate of drug-likeness (QED) is 0.190. The Hall–Kier alpha value is -6.58. The Kier molecular flexibility index (Phi) is 6.18. The lowest BCUT2D eigenvalue weighted by atomic mass is 9.97. The van der Waals surface area contributed by atoms with E-state index >= 15 is 0 Å². The molecule has 0 aliphatic rings. The largest absolute Gasteiger partial charge is 0.456 e. The van der Waals surface area contributed by atoms with E-state index in [9.17, 15) is 0 Å². The van der Waals surface area contributed by atoms with Crippen LogP contribution in [0.15, 0.2) is 185 Å². The van der Waals surface area contributed by atoms with Crippen LogP contribution in [0.5, 0.6) is 0 Å². The second-order valence-corrected chi connectivity index (χ2v) is 12.5. The maximum absolute atomic E-state index is 6.25. The van der Waals surface area contributed by atoms with Gasteiger partial charge in [0.15, 0.2) is 0 Å². The fraction of sp³-hybridized carbons (Fsp3) is 0. The molecule has 0 saturated heterocycles. The molecular weight excluding hydrogens is 599 g/mol. The van der Waals surface area contributed by atoms with Gasteiger partial charge in [0.1, 0.15) is 22.3 Å². The van der Waals surface area contributed by atoms with E-state index in [1.165, 1.54) is 16.3 Å². The Labute approximate surface area is 282 Å². The van der Waals surface area contributed by atoms with Gasteiger partial charge in [-0.3, -0.25) is 0 Å². The molecule has 0 saturated carbocycles. The Balaban J connectivity index is 1.21. The molecule has 0 unspecified atom stereocenters. The van der Waals surface area contributed by atoms with E-state index in [0.717, 1.165) is 77.6 Å². The van der Waals surface area contributed by atoms with Crippen molar-refractivity contribution in [1.82, 2.24) is 0 Å². The van der Waals surface area contributed by atoms with Gasteiger partial charge in [-0.15, -0.1) is 0 Å². The second-order valence-electron chi connectivity index (χ2n) is 12.5. The van der Waals surface area contributed by atoms with E-state index in [1.807, 2.05) is 24.3 Å². The van der Waals surface area contributed by atoms with E-state index in [0.29, 0.717) is 0 Å². The maximum Gasteiger partial charge on any atom is 0.135 e. The standard InChI is InChI=1S/C46H29NO2/c1-2-15-35-30(11-1)12-10-19-36(35)31-13-9-14-33(27-31)47(34-24-26-46-41(29-34)39-18-5-8-22-44(39)49-46)42-20-6-3-16-37(42)32-23-25-45-40(28-32)38-17-4-7-21-43(38)48-45/h1-29H. The smallest absolute Gasteiger partial charge is 0.135 e. The van der Waals surface area contributed by atoms with E-state index < -0.39 is 0 Å². The minimum absolute atomic E-state index is 0.875. The number of hydrogen-bond acceptors (Lipinski definition) is 3. The summed E-state index contributed by atoms with van der Waals surface area (Å²) in [5.41, 5.74) is 11.4. The zero-order valence-electron chi connectivity index (χ0n) is 26.5. The van der Waals surface area contributed by atoms with Crippen LogP contribution in [-0.4, -0.2) is 0 Å². The summed E-state index contributed by atoms with van der Waals surface area (Å²) in [5, 5.41) is 6.89. The third-order valence-electron chi connectivity index (χ3n) is 9.66. The molecule has 0 amide bonds. The van der Waals surface area contributed by atoms with Crippen molar-refractivity contribution < 1.29 is 8.83 Å². The van der Waals surface area contributed by atoms with Gasteiger partial charge in [-0.05, 0) is 88.1 Å². The molecule has 0 bridgehead atoms. The molecule has 3 nitrogen and oxygen atoms in total. The lowest BCUT2D eigenvalue weighted by Crippen LogP contribution is -2.11. The summed E-state index contributed by atoms with van der Waals surface area (Å²) in [6, 6.07) is 62.2. The van der Waals surface area contributed by atoms with Crippen LogP contribution in [0, 0.1) is 0 Å². The SMILES string of the molecule is c1cc(-c2cccc3ccccc23)cc(N(c2ccc3oc4ccccc4c3c2)c2ccccc2-c2ccc3oc4ccccc4c3c2)c1. The second kappa shape index (κ2) is 11.0. The number of nitrogens with zero attached hydrogens (tertiary/aromatic N) is 1. The third kappa shape index (κ3) is 4.51. The van der Waals surface area contributed by atoms with E-state index in [-0.39, 0.29) is 0 Å². The molecule has 0 radical (unpaired) electrons. The van der Waals surface area contributed by atoms with Crippen LogP contribution < -0.4 is 4.90 Å². The lowest BCUT2D eigenvalue weighted by molar-refractivity contribution is 0.668. The fourth-order valence-corrected chi connectivity index (χ4v) is 7.38. The summed E-state index contributed by atoms with van der Waals surface area (Å²) in [7, 11) is 0. The van der Waals surface area contributed by atoms with Crippen molar-refractivity contribution >= 4 is 71.7 Å². The molecule has 8 aromatic carbocycles. The first kappa shape index (κ1) is 27.5. The van der Waals surface area contributed by atoms with E-state index in [1.54, 1.807) is 0 Å². The first-order valence-electron chi connectivity index (χ1n) is 16.6. The molecule has 10 rings (SSSR count). The van der Waals surface area contributed by atoms with Crippen LogP contribution >= 0.6 is 0 Å². The topological polar surface area (TPSA) is 29.5 Å². The summed E-state index contributed by atoms with van der Waals surface area (Å²) in [4.78, 5) is 2.38. The third-order valence-corrected chi connectivity index (χ3v) is 9.66. The van der Waals surface area contributed by atoms with Crippen LogP contribution in [0.4, 0.5) is 17.1 Å². The van der Waals surface area contributed by atoms with E-state index in [2.05, 4.69) is 157 Å². The number of hydrogen-bond donors (Lipinski definition) is 0. The molecule has 3 heteroatoms. The van der Waals surface area contributed by atoms with Crippen LogP contribution in [0.1, 0.15) is 0 Å². The van der Waals surface area contributed by atoms with Crippen molar-refractivity contribution in [1.29, 1.82) is 0 Å². The average Bonchev–Trinajstić information content (AvgIpc) is 3.73. The summed E-state index contributed by atoms with van der Waals surface area (Å²) in [6.45, 7) is 0. The predicted molar refractivity (Wildman–Crippen MR) is 204 cm³/mol. The number of fused-ring (bicyclic) bond motifs is 7. The first-order chi connectivity index (χ1) is 24.3. The van der Waals surface area contributed by atoms with Crippen molar-refractivity contribution in [2.24, 2.45) is 0 Å². The van der Waals surface area contributed by atoms with Crippen LogP contribution in [-0.2, 0) is 0 Å². The molecule has 0 atom stereocenters. The van der Waals surface area contributed by atoms with Crippen molar-refractivity contribution in [3.8, 4) is 22.3 Å². The Morgan fingerprint density at radius 3 is 1.69 bits per heavy atom. The maximum atomic E-state index is 6.25. The van der Waals surface area contributed by atoms with Gasteiger partial charge in [-0.1, -0.05) is 115 Å². The fourth-order valence-electron chi connectivity index (χ4n) is 7.38. The van der Waals surface area contributed by atoms with Crippen molar-refractivity contribution in [3.63, 3.8) is 0 Å². The molecule has 230 valence electrons. The molecule has 0 aliphatic carbocycles. The highest BCUT2D eigenvalue weighted by Crippen LogP contribution is 2.45. The number of para-hydroxylation sites is 3. The van der Waals surface area contributed by atoms with Crippen molar-refractivity contribution in [2.75, 3.05) is 4.90 Å². The first-order valence-corrected chi connectivity index (χ1v) is 16.6. The highest BCUT2D eigenvalue weighted by molar-refractivity contribution is 6.08. The Morgan fingerprint density at radius 1 is 0.327 bits per heavy atom. The molecule has 0 spiro atoms. The van der Waals surface area contributed by atoms with E-state index in [4.69, 9.17) is 8.83 Å². The summed E-state index contributed by atoms with van der Waals surface area (Å²) < 4.78 is 12.4. The van der Waals surface area contributed by atoms with Gasteiger partial charge in [0, 0.05) is 38.5 Å². The monoisotopic (exact) mass is 627 g/mol. The summed E-state index contributed by atoms with van der Waals surface area (Å²) in [6.07, 6.45) is 0. The van der Waals surface area contributed by atoms with Crippen molar-refractivity contribution in [2.45, 2.75) is 0 Å². The molecule has 2 aromatic heterocycles. The zero-order chi connectivity index (χ0) is 32.3. The number of rotatable bonds is 5. The molecule has 0 aliphatic heterocycles. The van der Waals surface area contributed by atoms with Gasteiger partial charge in [-0.2, -0.15) is 0 Å². The Bertz CT molecular complexity index is 2850. The van der Waals surface area contributed by atoms with Gasteiger partial charge in [0.05, 0.1) is 5.69 Å². The highest BCUT2D eigenvalue weighted by atomic mass is 16.3.